The van der Waals surface area contributed by atoms with Crippen molar-refractivity contribution in [2.75, 3.05) is 0 Å². The van der Waals surface area contributed by atoms with E-state index in [-0.39, 0.29) is 5.54 Å². The topological polar surface area (TPSA) is 29.9 Å². The largest absolute Gasteiger partial charge is 0.306 e. The number of nitrogens with zero attached hydrogens (tertiary/aromatic N) is 2. The van der Waals surface area contributed by atoms with Gasteiger partial charge >= 0.3 is 0 Å². The lowest BCUT2D eigenvalue weighted by Crippen LogP contribution is -2.35. The smallest absolute Gasteiger partial charge is 0.0767 e. The van der Waals surface area contributed by atoms with Gasteiger partial charge in [-0.2, -0.15) is 5.10 Å². The summed E-state index contributed by atoms with van der Waals surface area (Å²) in [6, 6.07) is 10.6. The van der Waals surface area contributed by atoms with Gasteiger partial charge in [0.2, 0.25) is 0 Å². The van der Waals surface area contributed by atoms with E-state index in [1.54, 1.807) is 0 Å². The lowest BCUT2D eigenvalue weighted by molar-refractivity contribution is 0.420. The average Bonchev–Trinajstić information content (AvgIpc) is 2.85. The Bertz CT molecular complexity index is 549. The Hall–Kier alpha value is -1.61. The fourth-order valence-corrected chi connectivity index (χ4v) is 2.16. The molecule has 0 aliphatic heterocycles. The van der Waals surface area contributed by atoms with Crippen LogP contribution in [0.4, 0.5) is 0 Å². The number of rotatable bonds is 5. The highest BCUT2D eigenvalue weighted by Crippen LogP contribution is 2.16. The van der Waals surface area contributed by atoms with Crippen molar-refractivity contribution in [1.82, 2.24) is 15.1 Å². The molecule has 2 rings (SSSR count). The van der Waals surface area contributed by atoms with Crippen LogP contribution in [0.2, 0.25) is 0 Å². The number of benzene rings is 1. The van der Waals surface area contributed by atoms with Gasteiger partial charge in [-0.1, -0.05) is 31.5 Å². The molecule has 1 N–H and O–H groups in total. The maximum atomic E-state index is 4.68. The molecule has 0 saturated heterocycles. The summed E-state index contributed by atoms with van der Waals surface area (Å²) in [6.45, 7) is 9.51. The van der Waals surface area contributed by atoms with Crippen LogP contribution >= 0.6 is 0 Å². The quantitative estimate of drug-likeness (QED) is 0.898. The highest BCUT2D eigenvalue weighted by molar-refractivity contribution is 5.40. The minimum atomic E-state index is 0.115. The van der Waals surface area contributed by atoms with Crippen LogP contribution in [0.25, 0.3) is 5.69 Å². The van der Waals surface area contributed by atoms with Gasteiger partial charge in [-0.3, -0.25) is 0 Å². The zero-order valence-corrected chi connectivity index (χ0v) is 13.0. The number of para-hydroxylation sites is 1. The molecule has 0 unspecified atom stereocenters. The Balaban J connectivity index is 2.16. The van der Waals surface area contributed by atoms with Gasteiger partial charge < -0.3 is 5.32 Å². The molecule has 0 bridgehead atoms. The van der Waals surface area contributed by atoms with Crippen molar-refractivity contribution < 1.29 is 0 Å². The number of aryl methyl sites for hydroxylation is 1. The minimum absolute atomic E-state index is 0.115. The Labute approximate surface area is 122 Å². The lowest BCUT2D eigenvalue weighted by atomic mass is 10.1. The Morgan fingerprint density at radius 3 is 2.60 bits per heavy atom. The first-order valence-corrected chi connectivity index (χ1v) is 7.37. The molecule has 1 aromatic heterocycles. The van der Waals surface area contributed by atoms with Crippen LogP contribution in [0, 0.1) is 0 Å². The average molecular weight is 271 g/mol. The predicted molar refractivity (Wildman–Crippen MR) is 84.2 cm³/mol. The third-order valence-electron chi connectivity index (χ3n) is 3.20. The maximum Gasteiger partial charge on any atom is 0.0767 e. The standard InChI is InChI=1S/C17H25N3/c1-5-8-14-9-6-7-10-16(14)20-12-11-15(19-20)13-18-17(2,3)4/h6-7,9-12,18H,5,8,13H2,1-4H3. The molecule has 0 atom stereocenters. The molecular weight excluding hydrogens is 246 g/mol. The summed E-state index contributed by atoms with van der Waals surface area (Å²) in [5.74, 6) is 0. The van der Waals surface area contributed by atoms with Crippen LogP contribution in [0.5, 0.6) is 0 Å². The van der Waals surface area contributed by atoms with Gasteiger partial charge in [-0.25, -0.2) is 4.68 Å². The van der Waals surface area contributed by atoms with E-state index in [1.165, 1.54) is 11.3 Å². The third-order valence-corrected chi connectivity index (χ3v) is 3.20. The van der Waals surface area contributed by atoms with Crippen molar-refractivity contribution >= 4 is 0 Å². The van der Waals surface area contributed by atoms with Gasteiger partial charge in [0.15, 0.2) is 0 Å². The van der Waals surface area contributed by atoms with Gasteiger partial charge in [-0.05, 0) is 44.9 Å². The van der Waals surface area contributed by atoms with Gasteiger partial charge in [0.1, 0.15) is 0 Å². The van der Waals surface area contributed by atoms with Crippen molar-refractivity contribution in [3.63, 3.8) is 0 Å². The van der Waals surface area contributed by atoms with E-state index >= 15 is 0 Å². The molecule has 0 radical (unpaired) electrons. The second-order valence-corrected chi connectivity index (χ2v) is 6.23. The van der Waals surface area contributed by atoms with Gasteiger partial charge in [-0.15, -0.1) is 0 Å². The molecule has 0 aliphatic carbocycles. The molecule has 3 nitrogen and oxygen atoms in total. The normalized spacial score (nSPS) is 11.8. The Morgan fingerprint density at radius 2 is 1.90 bits per heavy atom. The molecule has 3 heteroatoms. The van der Waals surface area contributed by atoms with Crippen molar-refractivity contribution in [3.05, 3.63) is 47.8 Å². The maximum absolute atomic E-state index is 4.68. The van der Waals surface area contributed by atoms with E-state index in [2.05, 4.69) is 68.4 Å². The fourth-order valence-electron chi connectivity index (χ4n) is 2.16. The van der Waals surface area contributed by atoms with E-state index in [9.17, 15) is 0 Å². The van der Waals surface area contributed by atoms with Gasteiger partial charge in [0, 0.05) is 18.3 Å². The molecule has 0 amide bonds. The second kappa shape index (κ2) is 6.23. The van der Waals surface area contributed by atoms with Crippen molar-refractivity contribution in [2.45, 2.75) is 52.6 Å². The predicted octanol–water partition coefficient (Wildman–Crippen LogP) is 3.71. The summed E-state index contributed by atoms with van der Waals surface area (Å²) < 4.78 is 1.99. The number of nitrogens with one attached hydrogen (secondary N) is 1. The van der Waals surface area contributed by atoms with Crippen LogP contribution in [0.1, 0.15) is 45.4 Å². The van der Waals surface area contributed by atoms with E-state index in [0.717, 1.165) is 25.1 Å². The monoisotopic (exact) mass is 271 g/mol. The first kappa shape index (κ1) is 14.8. The van der Waals surface area contributed by atoms with E-state index < -0.39 is 0 Å². The third kappa shape index (κ3) is 3.94. The molecule has 108 valence electrons. The summed E-state index contributed by atoms with van der Waals surface area (Å²) in [5.41, 5.74) is 3.74. The van der Waals surface area contributed by atoms with Crippen LogP contribution in [-0.2, 0) is 13.0 Å². The van der Waals surface area contributed by atoms with E-state index in [1.807, 2.05) is 10.9 Å². The van der Waals surface area contributed by atoms with Crippen molar-refractivity contribution in [2.24, 2.45) is 0 Å². The molecule has 0 fully saturated rings. The minimum Gasteiger partial charge on any atom is -0.306 e. The fraction of sp³-hybridized carbons (Fsp3) is 0.471. The molecular formula is C17H25N3. The summed E-state index contributed by atoms with van der Waals surface area (Å²) >= 11 is 0. The second-order valence-electron chi connectivity index (χ2n) is 6.23. The van der Waals surface area contributed by atoms with Crippen LogP contribution in [0.15, 0.2) is 36.5 Å². The van der Waals surface area contributed by atoms with Gasteiger partial charge in [0.05, 0.1) is 11.4 Å². The first-order valence-electron chi connectivity index (χ1n) is 7.37. The summed E-state index contributed by atoms with van der Waals surface area (Å²) in [5, 5.41) is 8.15. The van der Waals surface area contributed by atoms with Crippen LogP contribution < -0.4 is 5.32 Å². The van der Waals surface area contributed by atoms with Crippen molar-refractivity contribution in [3.8, 4) is 5.69 Å². The van der Waals surface area contributed by atoms with E-state index in [4.69, 9.17) is 0 Å². The molecule has 0 aliphatic rings. The molecule has 1 aromatic carbocycles. The van der Waals surface area contributed by atoms with Gasteiger partial charge in [0.25, 0.3) is 0 Å². The number of hydrogen-bond donors (Lipinski definition) is 1. The summed E-state index contributed by atoms with van der Waals surface area (Å²) in [6.07, 6.45) is 4.29. The zero-order valence-electron chi connectivity index (χ0n) is 13.0. The molecule has 0 spiro atoms. The molecule has 2 aromatic rings. The summed E-state index contributed by atoms with van der Waals surface area (Å²) in [4.78, 5) is 0. The first-order chi connectivity index (χ1) is 9.49. The molecule has 0 saturated carbocycles. The number of hydrogen-bond acceptors (Lipinski definition) is 2. The SMILES string of the molecule is CCCc1ccccc1-n1ccc(CNC(C)(C)C)n1. The van der Waals surface area contributed by atoms with Crippen LogP contribution in [-0.4, -0.2) is 15.3 Å². The Kier molecular flexibility index (Phi) is 4.61. The highest BCUT2D eigenvalue weighted by atomic mass is 15.3. The molecule has 1 heterocycles. The molecule has 20 heavy (non-hydrogen) atoms. The number of aromatic nitrogens is 2. The lowest BCUT2D eigenvalue weighted by Gasteiger charge is -2.19. The highest BCUT2D eigenvalue weighted by Gasteiger charge is 2.10. The van der Waals surface area contributed by atoms with E-state index in [0.29, 0.717) is 0 Å². The van der Waals surface area contributed by atoms with Crippen molar-refractivity contribution in [1.29, 1.82) is 0 Å². The summed E-state index contributed by atoms with van der Waals surface area (Å²) in [7, 11) is 0. The van der Waals surface area contributed by atoms with Crippen LogP contribution in [0.3, 0.4) is 0 Å². The zero-order chi connectivity index (χ0) is 14.6. The Morgan fingerprint density at radius 1 is 1.15 bits per heavy atom.